The largest absolute Gasteiger partial charge is 0.463 e. The molecule has 0 heterocycles. The zero-order chi connectivity index (χ0) is 17.6. The van der Waals surface area contributed by atoms with Crippen LogP contribution in [0.3, 0.4) is 0 Å². The van der Waals surface area contributed by atoms with Crippen molar-refractivity contribution >= 4 is 18.0 Å². The zero-order valence-electron chi connectivity index (χ0n) is 14.0. The Hall–Kier alpha value is -2.88. The Bertz CT molecular complexity index is 607. The Kier molecular flexibility index (Phi) is 9.31. The molecule has 0 aliphatic carbocycles. The maximum Gasteiger partial charge on any atom is 0.330 e. The third kappa shape index (κ3) is 8.54. The molecular weight excluding hydrogens is 304 g/mol. The summed E-state index contributed by atoms with van der Waals surface area (Å²) in [5.74, 6) is -0.861. The highest BCUT2D eigenvalue weighted by Gasteiger charge is 1.96. The fourth-order valence-electron chi connectivity index (χ4n) is 1.71. The number of ether oxygens (including phenoxy) is 2. The second kappa shape index (κ2) is 11.7. The van der Waals surface area contributed by atoms with E-state index < -0.39 is 11.9 Å². The van der Waals surface area contributed by atoms with Gasteiger partial charge < -0.3 is 9.47 Å². The molecule has 0 saturated carbocycles. The molecule has 0 radical (unpaired) electrons. The number of hydrogen-bond acceptors (Lipinski definition) is 4. The summed E-state index contributed by atoms with van der Waals surface area (Å²) in [6, 6.07) is 9.81. The van der Waals surface area contributed by atoms with Crippen LogP contribution in [0.1, 0.15) is 19.4 Å². The minimum atomic E-state index is -0.431. The smallest absolute Gasteiger partial charge is 0.330 e. The Morgan fingerprint density at radius 1 is 0.875 bits per heavy atom. The van der Waals surface area contributed by atoms with Gasteiger partial charge in [-0.3, -0.25) is 0 Å². The molecule has 24 heavy (non-hydrogen) atoms. The molecule has 0 aliphatic rings. The van der Waals surface area contributed by atoms with Crippen molar-refractivity contribution in [1.29, 1.82) is 0 Å². The second-order valence-corrected chi connectivity index (χ2v) is 4.61. The van der Waals surface area contributed by atoms with Crippen LogP contribution in [0.4, 0.5) is 0 Å². The van der Waals surface area contributed by atoms with Crippen LogP contribution >= 0.6 is 0 Å². The molecule has 0 unspecified atom stereocenters. The molecule has 0 N–H and O–H groups in total. The number of carbonyl (C=O) groups excluding carboxylic acids is 2. The van der Waals surface area contributed by atoms with Crippen LogP contribution in [0.2, 0.25) is 0 Å². The molecule has 0 spiro atoms. The van der Waals surface area contributed by atoms with Crippen LogP contribution in [0, 0.1) is 0 Å². The van der Waals surface area contributed by atoms with Crippen LogP contribution in [0.25, 0.3) is 6.08 Å². The number of hydrogen-bond donors (Lipinski definition) is 0. The number of allylic oxidation sites excluding steroid dienone is 5. The van der Waals surface area contributed by atoms with Crippen molar-refractivity contribution in [3.8, 4) is 0 Å². The number of esters is 2. The molecule has 4 heteroatoms. The predicted molar refractivity (Wildman–Crippen MR) is 95.1 cm³/mol. The third-order valence-electron chi connectivity index (χ3n) is 2.77. The van der Waals surface area contributed by atoms with E-state index in [-0.39, 0.29) is 0 Å². The lowest BCUT2D eigenvalue weighted by Gasteiger charge is -1.97. The summed E-state index contributed by atoms with van der Waals surface area (Å²) in [7, 11) is 0. The SMILES string of the molecule is CCOC(=O)C=CC(C=CC(=O)OCC)=CC=Cc1ccccc1. The maximum atomic E-state index is 11.4. The van der Waals surface area contributed by atoms with E-state index in [1.165, 1.54) is 12.2 Å². The molecule has 0 amide bonds. The average molecular weight is 326 g/mol. The number of carbonyl (C=O) groups is 2. The van der Waals surface area contributed by atoms with E-state index >= 15 is 0 Å². The van der Waals surface area contributed by atoms with Crippen LogP contribution in [0.5, 0.6) is 0 Å². The van der Waals surface area contributed by atoms with E-state index in [9.17, 15) is 9.59 Å². The van der Waals surface area contributed by atoms with Crippen molar-refractivity contribution < 1.29 is 19.1 Å². The summed E-state index contributed by atoms with van der Waals surface area (Å²) in [6.45, 7) is 4.11. The second-order valence-electron chi connectivity index (χ2n) is 4.61. The molecule has 0 aliphatic heterocycles. The monoisotopic (exact) mass is 326 g/mol. The first-order valence-electron chi connectivity index (χ1n) is 7.78. The lowest BCUT2D eigenvalue weighted by atomic mass is 10.1. The van der Waals surface area contributed by atoms with Crippen LogP contribution < -0.4 is 0 Å². The van der Waals surface area contributed by atoms with Crippen LogP contribution in [0.15, 0.2) is 72.4 Å². The fourth-order valence-corrected chi connectivity index (χ4v) is 1.71. The minimum Gasteiger partial charge on any atom is -0.463 e. The van der Waals surface area contributed by atoms with Gasteiger partial charge in [-0.25, -0.2) is 9.59 Å². The van der Waals surface area contributed by atoms with Crippen LogP contribution in [-0.2, 0) is 19.1 Å². The van der Waals surface area contributed by atoms with Crippen molar-refractivity contribution in [2.75, 3.05) is 13.2 Å². The molecule has 1 aromatic carbocycles. The average Bonchev–Trinajstić information content (AvgIpc) is 2.58. The highest BCUT2D eigenvalue weighted by Crippen LogP contribution is 2.05. The van der Waals surface area contributed by atoms with Gasteiger partial charge >= 0.3 is 11.9 Å². The summed E-state index contributed by atoms with van der Waals surface area (Å²) >= 11 is 0. The van der Waals surface area contributed by atoms with E-state index in [0.717, 1.165) is 5.56 Å². The Morgan fingerprint density at radius 3 is 1.92 bits per heavy atom. The van der Waals surface area contributed by atoms with Gasteiger partial charge in [0.25, 0.3) is 0 Å². The maximum absolute atomic E-state index is 11.4. The van der Waals surface area contributed by atoms with E-state index in [1.807, 2.05) is 42.5 Å². The number of benzene rings is 1. The van der Waals surface area contributed by atoms with Gasteiger partial charge in [-0.1, -0.05) is 48.6 Å². The van der Waals surface area contributed by atoms with Gasteiger partial charge in [-0.15, -0.1) is 0 Å². The van der Waals surface area contributed by atoms with Gasteiger partial charge in [-0.05, 0) is 37.1 Å². The lowest BCUT2D eigenvalue weighted by molar-refractivity contribution is -0.138. The van der Waals surface area contributed by atoms with Gasteiger partial charge in [0.1, 0.15) is 0 Å². The normalized spacial score (nSPS) is 11.1. The molecule has 0 atom stereocenters. The molecular formula is C20H22O4. The van der Waals surface area contributed by atoms with Crippen molar-refractivity contribution in [3.63, 3.8) is 0 Å². The standard InChI is InChI=1S/C20H22O4/c1-3-23-19(21)15-13-18(14-16-20(22)24-4-2)12-8-11-17-9-6-5-7-10-17/h5-16H,3-4H2,1-2H3. The summed E-state index contributed by atoms with van der Waals surface area (Å²) in [6.07, 6.45) is 11.4. The predicted octanol–water partition coefficient (Wildman–Crippen LogP) is 3.86. The van der Waals surface area contributed by atoms with Crippen molar-refractivity contribution in [2.45, 2.75) is 13.8 Å². The molecule has 1 aromatic rings. The summed E-state index contributed by atoms with van der Waals surface area (Å²) in [5.41, 5.74) is 1.72. The van der Waals surface area contributed by atoms with Crippen LogP contribution in [-0.4, -0.2) is 25.2 Å². The number of rotatable bonds is 8. The topological polar surface area (TPSA) is 52.6 Å². The first-order chi connectivity index (χ1) is 11.7. The lowest BCUT2D eigenvalue weighted by Crippen LogP contribution is -2.00. The van der Waals surface area contributed by atoms with E-state index in [4.69, 9.17) is 9.47 Å². The van der Waals surface area contributed by atoms with Gasteiger partial charge in [-0.2, -0.15) is 0 Å². The molecule has 4 nitrogen and oxygen atoms in total. The molecule has 126 valence electrons. The highest BCUT2D eigenvalue weighted by molar-refractivity contribution is 5.84. The third-order valence-corrected chi connectivity index (χ3v) is 2.77. The first-order valence-corrected chi connectivity index (χ1v) is 7.78. The minimum absolute atomic E-state index is 0.314. The molecule has 0 bridgehead atoms. The summed E-state index contributed by atoms with van der Waals surface area (Å²) in [5, 5.41) is 0. The van der Waals surface area contributed by atoms with Gasteiger partial charge in [0.05, 0.1) is 13.2 Å². The van der Waals surface area contributed by atoms with E-state index in [1.54, 1.807) is 32.1 Å². The summed E-state index contributed by atoms with van der Waals surface area (Å²) in [4.78, 5) is 22.8. The zero-order valence-corrected chi connectivity index (χ0v) is 14.0. The summed E-state index contributed by atoms with van der Waals surface area (Å²) < 4.78 is 9.69. The van der Waals surface area contributed by atoms with Gasteiger partial charge in [0.15, 0.2) is 0 Å². The molecule has 1 rings (SSSR count). The quantitative estimate of drug-likeness (QED) is 0.413. The molecule has 0 fully saturated rings. The Labute approximate surface area is 142 Å². The van der Waals surface area contributed by atoms with Crippen molar-refractivity contribution in [1.82, 2.24) is 0 Å². The van der Waals surface area contributed by atoms with E-state index in [2.05, 4.69) is 0 Å². The van der Waals surface area contributed by atoms with Crippen molar-refractivity contribution in [3.05, 3.63) is 77.9 Å². The van der Waals surface area contributed by atoms with Crippen molar-refractivity contribution in [2.24, 2.45) is 0 Å². The first kappa shape index (κ1) is 19.2. The Morgan fingerprint density at radius 2 is 1.42 bits per heavy atom. The Balaban J connectivity index is 2.86. The highest BCUT2D eigenvalue weighted by atomic mass is 16.5. The van der Waals surface area contributed by atoms with E-state index in [0.29, 0.717) is 18.8 Å². The van der Waals surface area contributed by atoms with Gasteiger partial charge in [0.2, 0.25) is 0 Å². The van der Waals surface area contributed by atoms with Gasteiger partial charge in [0, 0.05) is 12.2 Å². The molecule has 0 aromatic heterocycles. The molecule has 0 saturated heterocycles. The fraction of sp³-hybridized carbons (Fsp3) is 0.200.